The number of hydrogen-bond donors (Lipinski definition) is 2. The van der Waals surface area contributed by atoms with Crippen molar-refractivity contribution in [1.82, 2.24) is 10.6 Å². The maximum atomic E-state index is 12.9. The maximum absolute atomic E-state index is 12.9. The molecule has 0 aliphatic heterocycles. The van der Waals surface area contributed by atoms with Crippen LogP contribution in [-0.4, -0.2) is 37.0 Å². The molecule has 2 atom stereocenters. The molecule has 0 unspecified atom stereocenters. The highest BCUT2D eigenvalue weighted by atomic mass is 16.5. The van der Waals surface area contributed by atoms with E-state index in [-0.39, 0.29) is 5.91 Å². The summed E-state index contributed by atoms with van der Waals surface area (Å²) < 4.78 is 4.86. The molecule has 0 saturated heterocycles. The molecule has 148 valence electrons. The lowest BCUT2D eigenvalue weighted by Crippen LogP contribution is -2.53. The van der Waals surface area contributed by atoms with E-state index in [1.807, 2.05) is 61.5 Å². The monoisotopic (exact) mass is 382 g/mol. The molecule has 0 fully saturated rings. The molecule has 2 amide bonds. The number of esters is 1. The Morgan fingerprint density at radius 1 is 0.893 bits per heavy atom. The van der Waals surface area contributed by atoms with Crippen molar-refractivity contribution >= 4 is 17.8 Å². The summed E-state index contributed by atoms with van der Waals surface area (Å²) in [5, 5.41) is 5.40. The number of rotatable bonds is 8. The van der Waals surface area contributed by atoms with Crippen molar-refractivity contribution in [2.45, 2.75) is 38.8 Å². The summed E-state index contributed by atoms with van der Waals surface area (Å²) in [5.41, 5.74) is 2.87. The Morgan fingerprint density at radius 3 is 2.14 bits per heavy atom. The highest BCUT2D eigenvalue weighted by Crippen LogP contribution is 2.11. The molecule has 0 spiro atoms. The van der Waals surface area contributed by atoms with E-state index in [2.05, 4.69) is 10.6 Å². The van der Waals surface area contributed by atoms with Crippen LogP contribution >= 0.6 is 0 Å². The fourth-order valence-electron chi connectivity index (χ4n) is 2.97. The van der Waals surface area contributed by atoms with Gasteiger partial charge in [-0.05, 0) is 23.6 Å². The topological polar surface area (TPSA) is 84.5 Å². The number of methoxy groups -OCH3 is 1. The standard InChI is InChI=1S/C22H26N2O4/c1-15-9-7-8-12-18(15)14-20(22(27)28-3)24-21(26)19(23-16(2)25)13-17-10-5-4-6-11-17/h4-12,19-20H,13-14H2,1-3H3,(H,23,25)(H,24,26)/t19-,20-/m1/s1. The van der Waals surface area contributed by atoms with Gasteiger partial charge < -0.3 is 15.4 Å². The summed E-state index contributed by atoms with van der Waals surface area (Å²) in [6, 6.07) is 15.4. The number of carbonyl (C=O) groups is 3. The van der Waals surface area contributed by atoms with Crippen molar-refractivity contribution in [2.75, 3.05) is 7.11 Å². The first kappa shape index (κ1) is 21.2. The Labute approximate surface area is 165 Å². The van der Waals surface area contributed by atoms with E-state index in [1.165, 1.54) is 14.0 Å². The lowest BCUT2D eigenvalue weighted by molar-refractivity contribution is -0.145. The van der Waals surface area contributed by atoms with Gasteiger partial charge in [0.15, 0.2) is 0 Å². The number of carbonyl (C=O) groups excluding carboxylic acids is 3. The first-order valence-electron chi connectivity index (χ1n) is 9.14. The average Bonchev–Trinajstić information content (AvgIpc) is 2.68. The van der Waals surface area contributed by atoms with Crippen LogP contribution in [0.2, 0.25) is 0 Å². The van der Waals surface area contributed by atoms with Crippen LogP contribution in [0.15, 0.2) is 54.6 Å². The first-order valence-corrected chi connectivity index (χ1v) is 9.14. The minimum Gasteiger partial charge on any atom is -0.467 e. The number of ether oxygens (including phenoxy) is 1. The van der Waals surface area contributed by atoms with E-state index in [9.17, 15) is 14.4 Å². The predicted octanol–water partition coefficient (Wildman–Crippen LogP) is 1.94. The molecule has 2 aromatic rings. The van der Waals surface area contributed by atoms with Crippen molar-refractivity contribution in [2.24, 2.45) is 0 Å². The molecule has 2 N–H and O–H groups in total. The summed E-state index contributed by atoms with van der Waals surface area (Å²) >= 11 is 0. The highest BCUT2D eigenvalue weighted by Gasteiger charge is 2.27. The number of hydrogen-bond acceptors (Lipinski definition) is 4. The molecule has 0 aliphatic rings. The van der Waals surface area contributed by atoms with Crippen molar-refractivity contribution < 1.29 is 19.1 Å². The Hall–Kier alpha value is -3.15. The third-order valence-electron chi connectivity index (χ3n) is 4.46. The molecule has 2 aromatic carbocycles. The molecule has 6 nitrogen and oxygen atoms in total. The van der Waals surface area contributed by atoms with E-state index in [0.717, 1.165) is 16.7 Å². The van der Waals surface area contributed by atoms with Crippen LogP contribution < -0.4 is 10.6 Å². The van der Waals surface area contributed by atoms with Crippen LogP contribution in [0.3, 0.4) is 0 Å². The molecule has 0 aromatic heterocycles. The van der Waals surface area contributed by atoms with E-state index >= 15 is 0 Å². The number of benzene rings is 2. The minimum atomic E-state index is -0.842. The second-order valence-corrected chi connectivity index (χ2v) is 6.66. The normalized spacial score (nSPS) is 12.5. The van der Waals surface area contributed by atoms with Gasteiger partial charge in [-0.1, -0.05) is 54.6 Å². The molecule has 0 bridgehead atoms. The molecule has 28 heavy (non-hydrogen) atoms. The van der Waals surface area contributed by atoms with Gasteiger partial charge in [0, 0.05) is 19.8 Å². The predicted molar refractivity (Wildman–Crippen MR) is 107 cm³/mol. The fourth-order valence-corrected chi connectivity index (χ4v) is 2.97. The Bertz CT molecular complexity index is 820. The summed E-state index contributed by atoms with van der Waals surface area (Å²) in [5.74, 6) is -1.27. The Kier molecular flexibility index (Phi) is 7.75. The summed E-state index contributed by atoms with van der Waals surface area (Å²) in [6.45, 7) is 3.30. The Morgan fingerprint density at radius 2 is 1.54 bits per heavy atom. The van der Waals surface area contributed by atoms with Gasteiger partial charge in [0.1, 0.15) is 12.1 Å². The quantitative estimate of drug-likeness (QED) is 0.684. The van der Waals surface area contributed by atoms with E-state index in [0.29, 0.717) is 12.8 Å². The lowest BCUT2D eigenvalue weighted by Gasteiger charge is -2.22. The van der Waals surface area contributed by atoms with Gasteiger partial charge in [0.2, 0.25) is 11.8 Å². The van der Waals surface area contributed by atoms with Crippen LogP contribution in [0.4, 0.5) is 0 Å². The zero-order chi connectivity index (χ0) is 20.5. The molecule has 0 saturated carbocycles. The van der Waals surface area contributed by atoms with Crippen LogP contribution in [-0.2, 0) is 32.0 Å². The van der Waals surface area contributed by atoms with Crippen molar-refractivity contribution in [1.29, 1.82) is 0 Å². The molecular weight excluding hydrogens is 356 g/mol. The zero-order valence-corrected chi connectivity index (χ0v) is 16.4. The van der Waals surface area contributed by atoms with Gasteiger partial charge in [0.25, 0.3) is 0 Å². The van der Waals surface area contributed by atoms with E-state index < -0.39 is 24.0 Å². The molecular formula is C22H26N2O4. The number of nitrogens with one attached hydrogen (secondary N) is 2. The van der Waals surface area contributed by atoms with Crippen LogP contribution in [0.25, 0.3) is 0 Å². The third kappa shape index (κ3) is 6.23. The minimum absolute atomic E-state index is 0.309. The molecule has 6 heteroatoms. The first-order chi connectivity index (χ1) is 13.4. The zero-order valence-electron chi connectivity index (χ0n) is 16.4. The van der Waals surface area contributed by atoms with Gasteiger partial charge in [-0.2, -0.15) is 0 Å². The van der Waals surface area contributed by atoms with Crippen LogP contribution in [0.1, 0.15) is 23.6 Å². The molecule has 2 rings (SSSR count). The smallest absolute Gasteiger partial charge is 0.328 e. The fraction of sp³-hybridized carbons (Fsp3) is 0.318. The van der Waals surface area contributed by atoms with Gasteiger partial charge in [-0.3, -0.25) is 9.59 Å². The van der Waals surface area contributed by atoms with Gasteiger partial charge in [0.05, 0.1) is 7.11 Å². The van der Waals surface area contributed by atoms with Crippen molar-refractivity contribution in [3.63, 3.8) is 0 Å². The maximum Gasteiger partial charge on any atom is 0.328 e. The molecule has 0 aliphatic carbocycles. The third-order valence-corrected chi connectivity index (χ3v) is 4.46. The summed E-state index contributed by atoms with van der Waals surface area (Å²) in [7, 11) is 1.29. The Balaban J connectivity index is 2.17. The van der Waals surface area contributed by atoms with Crippen LogP contribution in [0, 0.1) is 6.92 Å². The van der Waals surface area contributed by atoms with Crippen molar-refractivity contribution in [3.05, 3.63) is 71.3 Å². The SMILES string of the molecule is COC(=O)[C@@H](Cc1ccccc1C)NC(=O)[C@@H](Cc1ccccc1)NC(C)=O. The second-order valence-electron chi connectivity index (χ2n) is 6.66. The summed E-state index contributed by atoms with van der Waals surface area (Å²) in [6.07, 6.45) is 0.633. The van der Waals surface area contributed by atoms with Gasteiger partial charge >= 0.3 is 5.97 Å². The highest BCUT2D eigenvalue weighted by molar-refractivity contribution is 5.90. The second kappa shape index (κ2) is 10.3. The largest absolute Gasteiger partial charge is 0.467 e. The summed E-state index contributed by atoms with van der Waals surface area (Å²) in [4.78, 5) is 36.7. The van der Waals surface area contributed by atoms with Gasteiger partial charge in [-0.25, -0.2) is 4.79 Å². The molecule has 0 heterocycles. The van der Waals surface area contributed by atoms with Crippen molar-refractivity contribution in [3.8, 4) is 0 Å². The number of amides is 2. The lowest BCUT2D eigenvalue weighted by atomic mass is 10.00. The average molecular weight is 382 g/mol. The van der Waals surface area contributed by atoms with Crippen LogP contribution in [0.5, 0.6) is 0 Å². The van der Waals surface area contributed by atoms with Gasteiger partial charge in [-0.15, -0.1) is 0 Å². The number of aryl methyl sites for hydroxylation is 1. The van der Waals surface area contributed by atoms with E-state index in [4.69, 9.17) is 4.74 Å². The molecule has 0 radical (unpaired) electrons. The van der Waals surface area contributed by atoms with E-state index in [1.54, 1.807) is 0 Å².